The third-order valence-corrected chi connectivity index (χ3v) is 6.77. The Bertz CT molecular complexity index is 1070. The number of nitrogens with zero attached hydrogens (tertiary/aromatic N) is 4. The lowest BCUT2D eigenvalue weighted by atomic mass is 10.1. The predicted molar refractivity (Wildman–Crippen MR) is 133 cm³/mol. The Kier molecular flexibility index (Phi) is 6.42. The average Bonchev–Trinajstić information content (AvgIpc) is 3.45. The van der Waals surface area contributed by atoms with Crippen LogP contribution in [0.2, 0.25) is 0 Å². The molecule has 0 aliphatic heterocycles. The second kappa shape index (κ2) is 9.10. The maximum Gasteiger partial charge on any atom is 0.239 e. The molecule has 1 amide bonds. The van der Waals surface area contributed by atoms with Crippen molar-refractivity contribution in [1.82, 2.24) is 19.9 Å². The molecule has 0 atom stereocenters. The van der Waals surface area contributed by atoms with E-state index in [4.69, 9.17) is 10.1 Å². The van der Waals surface area contributed by atoms with Crippen LogP contribution in [0.15, 0.2) is 24.3 Å². The number of anilines is 2. The first-order valence-corrected chi connectivity index (χ1v) is 12.3. The molecule has 0 radical (unpaired) electrons. The summed E-state index contributed by atoms with van der Waals surface area (Å²) in [5, 5.41) is 12.3. The van der Waals surface area contributed by atoms with Crippen LogP contribution in [-0.4, -0.2) is 45.7 Å². The van der Waals surface area contributed by atoms with Gasteiger partial charge in [-0.1, -0.05) is 55.4 Å². The van der Waals surface area contributed by atoms with Crippen molar-refractivity contribution < 1.29 is 4.79 Å². The summed E-state index contributed by atoms with van der Waals surface area (Å²) in [4.78, 5) is 20.1. The number of likely N-dealkylation sites (N-methyl/N-ethyl adjacent to an activating group) is 1. The Morgan fingerprint density at radius 2 is 1.91 bits per heavy atom. The normalized spacial score (nSPS) is 14.8. The summed E-state index contributed by atoms with van der Waals surface area (Å²) < 4.78 is 1.87. The first kappa shape index (κ1) is 22.6. The van der Waals surface area contributed by atoms with Gasteiger partial charge in [0.2, 0.25) is 16.0 Å². The molecule has 1 fully saturated rings. The number of rotatable bonds is 7. The molecule has 172 valence electrons. The highest BCUT2D eigenvalue weighted by atomic mass is 32.1. The highest BCUT2D eigenvalue weighted by molar-refractivity contribution is 7.20. The fraction of sp³-hybridized carbons (Fsp3) is 0.542. The third-order valence-electron chi connectivity index (χ3n) is 5.75. The molecule has 3 aromatic rings. The minimum absolute atomic E-state index is 0.0528. The van der Waals surface area contributed by atoms with Crippen LogP contribution < -0.4 is 15.5 Å². The largest absolute Gasteiger partial charge is 0.364 e. The van der Waals surface area contributed by atoms with Crippen molar-refractivity contribution in [3.8, 4) is 11.3 Å². The lowest BCUT2D eigenvalue weighted by molar-refractivity contribution is -0.120. The van der Waals surface area contributed by atoms with Gasteiger partial charge in [0.1, 0.15) is 5.69 Å². The molecular weight excluding hydrogens is 420 g/mol. The number of carbonyl (C=O) groups excluding carboxylic acids is 1. The number of carbonyl (C=O) groups is 1. The molecule has 1 saturated carbocycles. The van der Waals surface area contributed by atoms with E-state index in [-0.39, 0.29) is 11.4 Å². The Morgan fingerprint density at radius 3 is 2.53 bits per heavy atom. The second-order valence-corrected chi connectivity index (χ2v) is 10.7. The summed E-state index contributed by atoms with van der Waals surface area (Å²) >= 11 is 1.50. The van der Waals surface area contributed by atoms with Crippen molar-refractivity contribution in [2.24, 2.45) is 0 Å². The molecule has 0 unspecified atom stereocenters. The molecule has 1 aliphatic carbocycles. The Hall–Kier alpha value is -2.61. The number of aryl methyl sites for hydroxylation is 1. The van der Waals surface area contributed by atoms with E-state index in [9.17, 15) is 4.79 Å². The van der Waals surface area contributed by atoms with Crippen molar-refractivity contribution in [2.45, 2.75) is 71.4 Å². The average molecular weight is 455 g/mol. The van der Waals surface area contributed by atoms with Gasteiger partial charge in [0.15, 0.2) is 5.82 Å². The summed E-state index contributed by atoms with van der Waals surface area (Å²) in [6.45, 7) is 8.83. The van der Waals surface area contributed by atoms with Crippen LogP contribution >= 0.6 is 11.3 Å². The molecule has 0 spiro atoms. The van der Waals surface area contributed by atoms with Crippen LogP contribution in [0, 0.1) is 0 Å². The van der Waals surface area contributed by atoms with E-state index in [1.165, 1.54) is 29.7 Å². The molecule has 7 nitrogen and oxygen atoms in total. The first-order valence-electron chi connectivity index (χ1n) is 11.5. The topological polar surface area (TPSA) is 74.6 Å². The number of hydrogen-bond donors (Lipinski definition) is 2. The number of benzene rings is 1. The number of amides is 1. The molecule has 2 N–H and O–H groups in total. The monoisotopic (exact) mass is 454 g/mol. The van der Waals surface area contributed by atoms with E-state index < -0.39 is 0 Å². The molecule has 2 aromatic heterocycles. The summed E-state index contributed by atoms with van der Waals surface area (Å²) in [7, 11) is 1.91. The predicted octanol–water partition coefficient (Wildman–Crippen LogP) is 4.73. The SMILES string of the molecule is CCc1ccc(-c2nc3sc(N(C)CC(=O)NC4CCCC4)nn3c2NC(C)(C)C)cc1. The van der Waals surface area contributed by atoms with E-state index in [2.05, 4.69) is 62.6 Å². The van der Waals surface area contributed by atoms with Gasteiger partial charge in [-0.2, -0.15) is 4.52 Å². The van der Waals surface area contributed by atoms with Crippen molar-refractivity contribution in [3.05, 3.63) is 29.8 Å². The van der Waals surface area contributed by atoms with E-state index >= 15 is 0 Å². The van der Waals surface area contributed by atoms with Crippen LogP contribution in [0.3, 0.4) is 0 Å². The standard InChI is InChI=1S/C24H34N6OS/c1-6-16-11-13-17(14-12-16)20-21(27-24(2,3)4)30-22(26-20)32-23(28-30)29(5)15-19(31)25-18-9-7-8-10-18/h11-14,18,27H,6-10,15H2,1-5H3,(H,25,31). The highest BCUT2D eigenvalue weighted by Gasteiger charge is 2.24. The molecule has 32 heavy (non-hydrogen) atoms. The molecule has 1 aromatic carbocycles. The second-order valence-electron chi connectivity index (χ2n) is 9.72. The minimum atomic E-state index is -0.148. The fourth-order valence-electron chi connectivity index (χ4n) is 4.09. The maximum absolute atomic E-state index is 12.5. The van der Waals surface area contributed by atoms with Gasteiger partial charge in [0.25, 0.3) is 0 Å². The Labute approximate surface area is 194 Å². The van der Waals surface area contributed by atoms with E-state index in [1.807, 2.05) is 16.5 Å². The van der Waals surface area contributed by atoms with E-state index in [1.54, 1.807) is 0 Å². The van der Waals surface area contributed by atoms with Gasteiger partial charge in [-0.3, -0.25) is 4.79 Å². The number of aromatic nitrogens is 3. The molecule has 2 heterocycles. The van der Waals surface area contributed by atoms with Gasteiger partial charge >= 0.3 is 0 Å². The van der Waals surface area contributed by atoms with E-state index in [0.717, 1.165) is 46.4 Å². The van der Waals surface area contributed by atoms with Crippen molar-refractivity contribution in [1.29, 1.82) is 0 Å². The molecule has 0 bridgehead atoms. The quantitative estimate of drug-likeness (QED) is 0.540. The zero-order valence-corrected chi connectivity index (χ0v) is 20.6. The highest BCUT2D eigenvalue weighted by Crippen LogP contribution is 2.34. The van der Waals surface area contributed by atoms with Crippen molar-refractivity contribution in [3.63, 3.8) is 0 Å². The van der Waals surface area contributed by atoms with Crippen molar-refractivity contribution in [2.75, 3.05) is 23.8 Å². The molecule has 0 saturated heterocycles. The Morgan fingerprint density at radius 1 is 1.22 bits per heavy atom. The number of fused-ring (bicyclic) bond motifs is 1. The molecule has 4 rings (SSSR count). The fourth-order valence-corrected chi connectivity index (χ4v) is 4.95. The number of nitrogens with one attached hydrogen (secondary N) is 2. The van der Waals surface area contributed by atoms with Crippen LogP contribution in [0.25, 0.3) is 16.2 Å². The number of imidazole rings is 1. The zero-order chi connectivity index (χ0) is 22.9. The van der Waals surface area contributed by atoms with Gasteiger partial charge in [-0.25, -0.2) is 4.98 Å². The summed E-state index contributed by atoms with van der Waals surface area (Å²) in [6.07, 6.45) is 5.60. The molecular formula is C24H34N6OS. The van der Waals surface area contributed by atoms with Crippen LogP contribution in [0.5, 0.6) is 0 Å². The summed E-state index contributed by atoms with van der Waals surface area (Å²) in [5.74, 6) is 0.931. The third kappa shape index (κ3) is 5.06. The van der Waals surface area contributed by atoms with Crippen LogP contribution in [0.4, 0.5) is 10.9 Å². The first-order chi connectivity index (χ1) is 15.2. The molecule has 8 heteroatoms. The van der Waals surface area contributed by atoms with E-state index in [0.29, 0.717) is 12.6 Å². The van der Waals surface area contributed by atoms with Gasteiger partial charge in [0, 0.05) is 24.2 Å². The number of hydrogen-bond acceptors (Lipinski definition) is 6. The van der Waals surface area contributed by atoms with Crippen molar-refractivity contribution >= 4 is 33.2 Å². The molecule has 1 aliphatic rings. The van der Waals surface area contributed by atoms with Gasteiger partial charge < -0.3 is 15.5 Å². The van der Waals surface area contributed by atoms with Gasteiger partial charge in [-0.15, -0.1) is 5.10 Å². The van der Waals surface area contributed by atoms with Gasteiger partial charge in [0.05, 0.1) is 6.54 Å². The van der Waals surface area contributed by atoms with Crippen LogP contribution in [0.1, 0.15) is 58.9 Å². The lowest BCUT2D eigenvalue weighted by Gasteiger charge is -2.22. The summed E-state index contributed by atoms with van der Waals surface area (Å²) in [6, 6.07) is 8.88. The Balaban J connectivity index is 1.60. The lowest BCUT2D eigenvalue weighted by Crippen LogP contribution is -2.39. The minimum Gasteiger partial charge on any atom is -0.364 e. The van der Waals surface area contributed by atoms with Crippen LogP contribution in [-0.2, 0) is 11.2 Å². The van der Waals surface area contributed by atoms with Gasteiger partial charge in [-0.05, 0) is 45.6 Å². The smallest absolute Gasteiger partial charge is 0.239 e. The maximum atomic E-state index is 12.5. The zero-order valence-electron chi connectivity index (χ0n) is 19.7. The summed E-state index contributed by atoms with van der Waals surface area (Å²) in [5.41, 5.74) is 3.12.